The van der Waals surface area contributed by atoms with Crippen molar-refractivity contribution in [2.45, 2.75) is 4.90 Å². The Morgan fingerprint density at radius 1 is 1.13 bits per heavy atom. The maximum absolute atomic E-state index is 5.06. The molecule has 0 bridgehead atoms. The minimum absolute atomic E-state index is 1.03. The summed E-state index contributed by atoms with van der Waals surface area (Å²) in [5.41, 5.74) is 4.52. The van der Waals surface area contributed by atoms with Gasteiger partial charge in [-0.15, -0.1) is 23.1 Å². The van der Waals surface area contributed by atoms with Gasteiger partial charge in [0.15, 0.2) is 0 Å². The Labute approximate surface area is 145 Å². The first-order valence-electron chi connectivity index (χ1n) is 7.78. The van der Waals surface area contributed by atoms with E-state index in [0.717, 1.165) is 43.4 Å². The third-order valence-corrected chi connectivity index (χ3v) is 5.88. The molecule has 6 heteroatoms. The molecule has 0 aliphatic carbocycles. The molecule has 1 N–H and O–H groups in total. The average molecular weight is 345 g/mol. The van der Waals surface area contributed by atoms with Gasteiger partial charge in [-0.25, -0.2) is 4.99 Å². The lowest BCUT2D eigenvalue weighted by Crippen LogP contribution is -2.47. The second-order valence-electron chi connectivity index (χ2n) is 5.93. The van der Waals surface area contributed by atoms with Crippen LogP contribution in [-0.4, -0.2) is 55.1 Å². The van der Waals surface area contributed by atoms with Gasteiger partial charge in [-0.3, -0.25) is 0 Å². The summed E-state index contributed by atoms with van der Waals surface area (Å²) in [6, 6.07) is 6.47. The number of anilines is 2. The second kappa shape index (κ2) is 6.19. The number of thioether (sulfide) groups is 1. The van der Waals surface area contributed by atoms with E-state index in [4.69, 9.17) is 4.99 Å². The highest BCUT2D eigenvalue weighted by Gasteiger charge is 2.24. The lowest BCUT2D eigenvalue weighted by Gasteiger charge is -2.34. The van der Waals surface area contributed by atoms with Crippen LogP contribution in [0.2, 0.25) is 0 Å². The molecule has 0 saturated carbocycles. The number of amidine groups is 1. The third-order valence-electron chi connectivity index (χ3n) is 4.41. The Hall–Kier alpha value is -1.50. The van der Waals surface area contributed by atoms with Crippen LogP contribution in [0.15, 0.2) is 38.8 Å². The fraction of sp³-hybridized carbons (Fsp3) is 0.353. The molecule has 0 spiro atoms. The van der Waals surface area contributed by atoms with E-state index in [9.17, 15) is 0 Å². The van der Waals surface area contributed by atoms with Crippen molar-refractivity contribution in [3.05, 3.63) is 34.5 Å². The highest BCUT2D eigenvalue weighted by molar-refractivity contribution is 7.98. The lowest BCUT2D eigenvalue weighted by molar-refractivity contribution is 0.216. The predicted molar refractivity (Wildman–Crippen MR) is 101 cm³/mol. The van der Waals surface area contributed by atoms with Crippen LogP contribution in [0.25, 0.3) is 0 Å². The molecule has 0 atom stereocenters. The molecule has 1 aromatic heterocycles. The van der Waals surface area contributed by atoms with Crippen LogP contribution in [0.4, 0.5) is 17.1 Å². The lowest BCUT2D eigenvalue weighted by atomic mass is 10.2. The Balaban J connectivity index is 1.79. The van der Waals surface area contributed by atoms with E-state index >= 15 is 0 Å². The Morgan fingerprint density at radius 2 is 1.96 bits per heavy atom. The molecule has 2 aromatic rings. The third kappa shape index (κ3) is 2.86. The molecule has 1 saturated heterocycles. The summed E-state index contributed by atoms with van der Waals surface area (Å²) in [7, 11) is 2.18. The van der Waals surface area contributed by atoms with E-state index in [1.807, 2.05) is 0 Å². The second-order valence-corrected chi connectivity index (χ2v) is 7.56. The Morgan fingerprint density at radius 3 is 2.74 bits per heavy atom. The van der Waals surface area contributed by atoms with E-state index in [1.165, 1.54) is 16.1 Å². The molecule has 2 aliphatic rings. The summed E-state index contributed by atoms with van der Waals surface area (Å²) in [6.07, 6.45) is 2.10. The predicted octanol–water partition coefficient (Wildman–Crippen LogP) is 3.85. The molecule has 4 nitrogen and oxygen atoms in total. The number of rotatable bonds is 1. The maximum atomic E-state index is 5.06. The number of aliphatic imine (C=N–C) groups is 1. The Kier molecular flexibility index (Phi) is 4.05. The maximum Gasteiger partial charge on any atom is 0.139 e. The van der Waals surface area contributed by atoms with Crippen LogP contribution in [-0.2, 0) is 0 Å². The van der Waals surface area contributed by atoms with Crippen LogP contribution < -0.4 is 5.32 Å². The quantitative estimate of drug-likeness (QED) is 0.796. The zero-order chi connectivity index (χ0) is 15.8. The van der Waals surface area contributed by atoms with Gasteiger partial charge >= 0.3 is 0 Å². The van der Waals surface area contributed by atoms with Gasteiger partial charge in [0.2, 0.25) is 0 Å². The topological polar surface area (TPSA) is 30.9 Å². The van der Waals surface area contributed by atoms with Crippen LogP contribution in [0, 0.1) is 0 Å². The fourth-order valence-corrected chi connectivity index (χ4v) is 4.17. The number of nitrogens with zero attached hydrogens (tertiary/aromatic N) is 3. The van der Waals surface area contributed by atoms with Gasteiger partial charge in [-0.2, -0.15) is 0 Å². The van der Waals surface area contributed by atoms with Crippen molar-refractivity contribution >= 4 is 46.0 Å². The van der Waals surface area contributed by atoms with Crippen molar-refractivity contribution in [1.82, 2.24) is 9.80 Å². The molecule has 4 rings (SSSR count). The summed E-state index contributed by atoms with van der Waals surface area (Å²) < 4.78 is 0. The fourth-order valence-electron chi connectivity index (χ4n) is 2.98. The Bertz CT molecular complexity index is 745. The summed E-state index contributed by atoms with van der Waals surface area (Å²) >= 11 is 3.49. The van der Waals surface area contributed by atoms with Gasteiger partial charge in [0.25, 0.3) is 0 Å². The number of hydrogen-bond donors (Lipinski definition) is 1. The number of hydrogen-bond acceptors (Lipinski definition) is 6. The van der Waals surface area contributed by atoms with Gasteiger partial charge in [0.05, 0.1) is 22.6 Å². The standard InChI is InChI=1S/C17H20N4S2/c1-20-5-7-21(8-6-20)17-13-10-23-11-16(13)18-14-4-3-12(22-2)9-15(14)19-17/h3-4,9-11,18H,5-8H2,1-2H3. The molecule has 23 heavy (non-hydrogen) atoms. The van der Waals surface area contributed by atoms with E-state index in [0.29, 0.717) is 0 Å². The van der Waals surface area contributed by atoms with Crippen LogP contribution >= 0.6 is 23.1 Å². The molecule has 2 aliphatic heterocycles. The molecule has 1 fully saturated rings. The zero-order valence-corrected chi connectivity index (χ0v) is 15.0. The molecule has 3 heterocycles. The molecule has 0 unspecified atom stereocenters. The number of fused-ring (bicyclic) bond motifs is 2. The van der Waals surface area contributed by atoms with Crippen molar-refractivity contribution in [1.29, 1.82) is 0 Å². The van der Waals surface area contributed by atoms with E-state index in [-0.39, 0.29) is 0 Å². The van der Waals surface area contributed by atoms with E-state index in [2.05, 4.69) is 57.4 Å². The molecule has 1 aromatic carbocycles. The molecule has 0 amide bonds. The summed E-state index contributed by atoms with van der Waals surface area (Å²) in [4.78, 5) is 11.1. The molecular formula is C17H20N4S2. The van der Waals surface area contributed by atoms with Crippen molar-refractivity contribution in [3.63, 3.8) is 0 Å². The van der Waals surface area contributed by atoms with Gasteiger partial charge in [0.1, 0.15) is 5.84 Å². The van der Waals surface area contributed by atoms with Gasteiger partial charge in [-0.1, -0.05) is 0 Å². The summed E-state index contributed by atoms with van der Waals surface area (Å²) in [6.45, 7) is 4.23. The normalized spacial score (nSPS) is 17.8. The van der Waals surface area contributed by atoms with Gasteiger partial charge in [-0.05, 0) is 31.5 Å². The zero-order valence-electron chi connectivity index (χ0n) is 13.4. The van der Waals surface area contributed by atoms with Crippen molar-refractivity contribution in [3.8, 4) is 0 Å². The van der Waals surface area contributed by atoms with Gasteiger partial charge < -0.3 is 15.1 Å². The highest BCUT2D eigenvalue weighted by Crippen LogP contribution is 2.38. The molecule has 120 valence electrons. The SMILES string of the molecule is CSc1ccc2c(c1)N=C(N1CCN(C)CC1)c1cscc1N2. The minimum Gasteiger partial charge on any atom is -0.353 e. The first kappa shape index (κ1) is 15.1. The van der Waals surface area contributed by atoms with Crippen molar-refractivity contribution < 1.29 is 0 Å². The number of thiophene rings is 1. The summed E-state index contributed by atoms with van der Waals surface area (Å²) in [5, 5.41) is 7.95. The largest absolute Gasteiger partial charge is 0.353 e. The minimum atomic E-state index is 1.03. The van der Waals surface area contributed by atoms with E-state index < -0.39 is 0 Å². The first-order chi connectivity index (χ1) is 11.2. The molecule has 0 radical (unpaired) electrons. The molecular weight excluding hydrogens is 324 g/mol. The number of nitrogens with one attached hydrogen (secondary N) is 1. The first-order valence-corrected chi connectivity index (χ1v) is 9.95. The summed E-state index contributed by atoms with van der Waals surface area (Å²) in [5.74, 6) is 1.11. The average Bonchev–Trinajstić information content (AvgIpc) is 2.97. The smallest absolute Gasteiger partial charge is 0.139 e. The number of benzene rings is 1. The van der Waals surface area contributed by atoms with Crippen LogP contribution in [0.3, 0.4) is 0 Å². The van der Waals surface area contributed by atoms with Gasteiger partial charge in [0, 0.05) is 41.8 Å². The number of piperazine rings is 1. The van der Waals surface area contributed by atoms with Crippen LogP contribution in [0.1, 0.15) is 5.56 Å². The number of likely N-dealkylation sites (N-methyl/N-ethyl adjacent to an activating group) is 1. The monoisotopic (exact) mass is 344 g/mol. The highest BCUT2D eigenvalue weighted by atomic mass is 32.2. The van der Waals surface area contributed by atoms with Crippen molar-refractivity contribution in [2.24, 2.45) is 4.99 Å². The van der Waals surface area contributed by atoms with Crippen LogP contribution in [0.5, 0.6) is 0 Å². The van der Waals surface area contributed by atoms with E-state index in [1.54, 1.807) is 23.1 Å². The van der Waals surface area contributed by atoms with Crippen molar-refractivity contribution in [2.75, 3.05) is 44.8 Å².